The van der Waals surface area contributed by atoms with Crippen LogP contribution in [0.25, 0.3) is 11.3 Å². The summed E-state index contributed by atoms with van der Waals surface area (Å²) in [5, 5.41) is 2.54. The molecule has 0 bridgehead atoms. The summed E-state index contributed by atoms with van der Waals surface area (Å²) in [5.74, 6) is 1.26. The minimum Gasteiger partial charge on any atom is -0.496 e. The fraction of sp³-hybridized carbons (Fsp3) is 0.143. The highest BCUT2D eigenvalue weighted by Crippen LogP contribution is 2.33. The molecule has 2 aromatic rings. The van der Waals surface area contributed by atoms with Crippen LogP contribution in [0, 0.1) is 0 Å². The summed E-state index contributed by atoms with van der Waals surface area (Å²) in [6.07, 6.45) is 0.592. The van der Waals surface area contributed by atoms with Crippen molar-refractivity contribution in [3.8, 4) is 17.1 Å². The van der Waals surface area contributed by atoms with Crippen molar-refractivity contribution in [1.29, 1.82) is 0 Å². The van der Waals surface area contributed by atoms with E-state index < -0.39 is 0 Å². The van der Waals surface area contributed by atoms with Gasteiger partial charge in [0.2, 0.25) is 6.41 Å². The van der Waals surface area contributed by atoms with Crippen LogP contribution in [-0.4, -0.2) is 19.3 Å². The lowest BCUT2D eigenvalue weighted by Crippen LogP contribution is -1.95. The molecule has 19 heavy (non-hydrogen) atoms. The van der Waals surface area contributed by atoms with Crippen LogP contribution in [0.15, 0.2) is 34.7 Å². The molecule has 1 heterocycles. The lowest BCUT2D eigenvalue weighted by Gasteiger charge is -2.08. The first-order chi connectivity index (χ1) is 9.15. The Balaban J connectivity index is 2.42. The lowest BCUT2D eigenvalue weighted by molar-refractivity contribution is -0.105. The number of methoxy groups -OCH3 is 1. The zero-order valence-corrected chi connectivity index (χ0v) is 10.6. The summed E-state index contributed by atoms with van der Waals surface area (Å²) in [6, 6.07) is 8.49. The molecule has 98 valence electrons. The van der Waals surface area contributed by atoms with E-state index in [1.165, 1.54) is 14.0 Å². The van der Waals surface area contributed by atoms with Crippen LogP contribution < -0.4 is 10.1 Å². The third-order valence-electron chi connectivity index (χ3n) is 2.65. The maximum atomic E-state index is 11.2. The van der Waals surface area contributed by atoms with Gasteiger partial charge in [0, 0.05) is 18.7 Å². The standard InChI is InChI=1S/C14H13NO4/c1-9(17)12-5-6-13(19-12)11-4-3-10(15-8-16)7-14(11)18-2/h3-8H,1-2H3,(H,15,16). The van der Waals surface area contributed by atoms with Crippen LogP contribution in [-0.2, 0) is 4.79 Å². The number of ketones is 1. The maximum Gasteiger partial charge on any atom is 0.211 e. The van der Waals surface area contributed by atoms with Crippen LogP contribution in [0.1, 0.15) is 17.5 Å². The van der Waals surface area contributed by atoms with Gasteiger partial charge in [-0.3, -0.25) is 9.59 Å². The molecule has 0 fully saturated rings. The third kappa shape index (κ3) is 2.65. The minimum atomic E-state index is -0.135. The average molecular weight is 259 g/mol. The van der Waals surface area contributed by atoms with Crippen LogP contribution in [0.5, 0.6) is 5.75 Å². The number of hydrogen-bond donors (Lipinski definition) is 1. The van der Waals surface area contributed by atoms with E-state index in [2.05, 4.69) is 5.32 Å². The Morgan fingerprint density at radius 2 is 2.11 bits per heavy atom. The van der Waals surface area contributed by atoms with E-state index >= 15 is 0 Å². The van der Waals surface area contributed by atoms with Gasteiger partial charge in [0.15, 0.2) is 11.5 Å². The number of ether oxygens (including phenoxy) is 1. The van der Waals surface area contributed by atoms with Crippen molar-refractivity contribution >= 4 is 17.9 Å². The van der Waals surface area contributed by atoms with Crippen molar-refractivity contribution in [2.45, 2.75) is 6.92 Å². The van der Waals surface area contributed by atoms with Crippen molar-refractivity contribution in [2.24, 2.45) is 0 Å². The average Bonchev–Trinajstić information content (AvgIpc) is 2.88. The van der Waals surface area contributed by atoms with Crippen molar-refractivity contribution in [2.75, 3.05) is 12.4 Å². The highest BCUT2D eigenvalue weighted by molar-refractivity contribution is 5.92. The van der Waals surface area contributed by atoms with Crippen molar-refractivity contribution in [1.82, 2.24) is 0 Å². The van der Waals surface area contributed by atoms with E-state index in [-0.39, 0.29) is 5.78 Å². The molecule has 1 N–H and O–H groups in total. The van der Waals surface area contributed by atoms with Crippen molar-refractivity contribution < 1.29 is 18.7 Å². The van der Waals surface area contributed by atoms with Gasteiger partial charge in [-0.25, -0.2) is 0 Å². The molecule has 0 radical (unpaired) electrons. The van der Waals surface area contributed by atoms with E-state index in [1.54, 1.807) is 30.3 Å². The molecule has 0 aliphatic carbocycles. The molecule has 1 aromatic heterocycles. The van der Waals surface area contributed by atoms with Gasteiger partial charge in [-0.2, -0.15) is 0 Å². The van der Waals surface area contributed by atoms with Gasteiger partial charge in [-0.1, -0.05) is 0 Å². The Labute approximate surface area is 110 Å². The summed E-state index contributed by atoms with van der Waals surface area (Å²) >= 11 is 0. The molecular weight excluding hydrogens is 246 g/mol. The van der Waals surface area contributed by atoms with Crippen LogP contribution in [0.2, 0.25) is 0 Å². The van der Waals surface area contributed by atoms with Crippen LogP contribution >= 0.6 is 0 Å². The van der Waals surface area contributed by atoms with Crippen molar-refractivity contribution in [3.63, 3.8) is 0 Å². The number of Topliss-reactive ketones (excluding diaryl/α,β-unsaturated/α-hetero) is 1. The summed E-state index contributed by atoms with van der Waals surface area (Å²) in [6.45, 7) is 1.44. The van der Waals surface area contributed by atoms with Gasteiger partial charge in [-0.05, 0) is 24.3 Å². The molecule has 0 aliphatic rings. The lowest BCUT2D eigenvalue weighted by atomic mass is 10.1. The molecule has 5 heteroatoms. The number of carbonyl (C=O) groups is 2. The van der Waals surface area contributed by atoms with E-state index in [4.69, 9.17) is 9.15 Å². The normalized spacial score (nSPS) is 10.0. The fourth-order valence-electron chi connectivity index (χ4n) is 1.72. The van der Waals surface area contributed by atoms with Crippen molar-refractivity contribution in [3.05, 3.63) is 36.1 Å². The molecule has 0 saturated carbocycles. The number of hydrogen-bond acceptors (Lipinski definition) is 4. The van der Waals surface area contributed by atoms with Crippen LogP contribution in [0.4, 0.5) is 5.69 Å². The number of carbonyl (C=O) groups excluding carboxylic acids is 2. The SMILES string of the molecule is COc1cc(NC=O)ccc1-c1ccc(C(C)=O)o1. The molecule has 0 aliphatic heterocycles. The maximum absolute atomic E-state index is 11.2. The molecule has 0 atom stereocenters. The summed E-state index contributed by atoms with van der Waals surface area (Å²) in [5.41, 5.74) is 1.33. The third-order valence-corrected chi connectivity index (χ3v) is 2.65. The predicted molar refractivity (Wildman–Crippen MR) is 70.4 cm³/mol. The Morgan fingerprint density at radius 3 is 2.68 bits per heavy atom. The molecule has 0 spiro atoms. The Morgan fingerprint density at radius 1 is 1.32 bits per heavy atom. The first-order valence-electron chi connectivity index (χ1n) is 5.65. The molecule has 1 aromatic carbocycles. The largest absolute Gasteiger partial charge is 0.496 e. The van der Waals surface area contributed by atoms with Gasteiger partial charge in [0.05, 0.1) is 12.7 Å². The van der Waals surface area contributed by atoms with E-state index in [0.717, 1.165) is 0 Å². The van der Waals surface area contributed by atoms with E-state index in [0.29, 0.717) is 34.9 Å². The number of anilines is 1. The minimum absolute atomic E-state index is 0.135. The van der Waals surface area contributed by atoms with Crippen LogP contribution in [0.3, 0.4) is 0 Å². The van der Waals surface area contributed by atoms with E-state index in [1.807, 2.05) is 0 Å². The summed E-state index contributed by atoms with van der Waals surface area (Å²) in [4.78, 5) is 21.6. The molecule has 5 nitrogen and oxygen atoms in total. The number of benzene rings is 1. The molecule has 2 rings (SSSR count). The highest BCUT2D eigenvalue weighted by Gasteiger charge is 2.12. The molecule has 0 unspecified atom stereocenters. The zero-order chi connectivity index (χ0) is 13.8. The second-order valence-corrected chi connectivity index (χ2v) is 3.90. The molecular formula is C14H13NO4. The van der Waals surface area contributed by atoms with Gasteiger partial charge < -0.3 is 14.5 Å². The quantitative estimate of drug-likeness (QED) is 0.662. The monoisotopic (exact) mass is 259 g/mol. The Bertz CT molecular complexity index is 616. The fourth-order valence-corrected chi connectivity index (χ4v) is 1.72. The topological polar surface area (TPSA) is 68.5 Å². The Hall–Kier alpha value is -2.56. The van der Waals surface area contributed by atoms with E-state index in [9.17, 15) is 9.59 Å². The first-order valence-corrected chi connectivity index (χ1v) is 5.65. The molecule has 1 amide bonds. The smallest absolute Gasteiger partial charge is 0.211 e. The summed E-state index contributed by atoms with van der Waals surface area (Å²) < 4.78 is 10.7. The number of nitrogens with one attached hydrogen (secondary N) is 1. The zero-order valence-electron chi connectivity index (χ0n) is 10.6. The van der Waals surface area contributed by atoms with Gasteiger partial charge in [-0.15, -0.1) is 0 Å². The number of rotatable bonds is 5. The molecule has 0 saturated heterocycles. The summed E-state index contributed by atoms with van der Waals surface area (Å²) in [7, 11) is 1.53. The Kier molecular flexibility index (Phi) is 3.66. The van der Waals surface area contributed by atoms with Gasteiger partial charge in [0.25, 0.3) is 0 Å². The highest BCUT2D eigenvalue weighted by atomic mass is 16.5. The predicted octanol–water partition coefficient (Wildman–Crippen LogP) is 2.73. The number of furan rings is 1. The van der Waals surface area contributed by atoms with Gasteiger partial charge >= 0.3 is 0 Å². The second kappa shape index (κ2) is 5.39. The first kappa shape index (κ1) is 12.9. The number of amides is 1. The second-order valence-electron chi connectivity index (χ2n) is 3.90. The van der Waals surface area contributed by atoms with Gasteiger partial charge in [0.1, 0.15) is 11.5 Å².